The molecule has 0 fully saturated rings. The Kier molecular flexibility index (Phi) is 10.0. The van der Waals surface area contributed by atoms with Crippen LogP contribution < -0.4 is 5.32 Å². The van der Waals surface area contributed by atoms with E-state index in [-0.39, 0.29) is 28.5 Å². The average Bonchev–Trinajstić information content (AvgIpc) is 2.55. The summed E-state index contributed by atoms with van der Waals surface area (Å²) in [5.74, 6) is -1.00. The van der Waals surface area contributed by atoms with E-state index in [0.29, 0.717) is 24.3 Å². The fourth-order valence-corrected chi connectivity index (χ4v) is 3.43. The zero-order chi connectivity index (χ0) is 19.7. The lowest BCUT2D eigenvalue weighted by Gasteiger charge is -2.16. The number of esters is 1. The van der Waals surface area contributed by atoms with Gasteiger partial charge in [-0.1, -0.05) is 45.7 Å². The van der Waals surface area contributed by atoms with Crippen molar-refractivity contribution < 1.29 is 18.7 Å². The van der Waals surface area contributed by atoms with Crippen LogP contribution in [0.2, 0.25) is 5.02 Å². The van der Waals surface area contributed by atoms with E-state index in [0.717, 1.165) is 18.9 Å². The van der Waals surface area contributed by atoms with Gasteiger partial charge in [-0.05, 0) is 30.9 Å². The van der Waals surface area contributed by atoms with Crippen molar-refractivity contribution in [2.75, 3.05) is 11.9 Å². The Bertz CT molecular complexity index is 625. The molecule has 0 aliphatic heterocycles. The number of carbonyl (C=O) groups excluding carboxylic acids is 2. The number of ether oxygens (including phenoxy) is 1. The van der Waals surface area contributed by atoms with Gasteiger partial charge in [0.2, 0.25) is 5.91 Å². The highest BCUT2D eigenvalue weighted by molar-refractivity contribution is 8.00. The average molecular weight is 404 g/mol. The Labute approximate surface area is 164 Å². The Hall–Kier alpha value is -1.27. The molecule has 1 aromatic carbocycles. The van der Waals surface area contributed by atoms with Crippen molar-refractivity contribution in [2.24, 2.45) is 5.92 Å². The van der Waals surface area contributed by atoms with E-state index in [1.807, 2.05) is 27.7 Å². The fraction of sp³-hybridized carbons (Fsp3) is 0.579. The molecule has 1 amide bonds. The zero-order valence-corrected chi connectivity index (χ0v) is 17.3. The van der Waals surface area contributed by atoms with Crippen molar-refractivity contribution in [1.82, 2.24) is 0 Å². The second-order valence-electron chi connectivity index (χ2n) is 6.44. The SMILES string of the molecule is CCCCOC(=O)C(CC)Sc1cc(NC(=O)CC(C)C)c(F)cc1Cl. The number of hydrogen-bond donors (Lipinski definition) is 1. The van der Waals surface area contributed by atoms with Crippen LogP contribution in [0, 0.1) is 11.7 Å². The van der Waals surface area contributed by atoms with E-state index in [4.69, 9.17) is 16.3 Å². The summed E-state index contributed by atoms with van der Waals surface area (Å²) < 4.78 is 19.4. The number of amides is 1. The van der Waals surface area contributed by atoms with Gasteiger partial charge in [0, 0.05) is 11.3 Å². The summed E-state index contributed by atoms with van der Waals surface area (Å²) in [6.07, 6.45) is 2.61. The standard InChI is InChI=1S/C19H27ClFNO3S/c1-5-7-8-25-19(24)16(6-2)26-17-11-15(14(21)10-13(17)20)22-18(23)9-12(3)4/h10-12,16H,5-9H2,1-4H3,(H,22,23). The summed E-state index contributed by atoms with van der Waals surface area (Å²) in [7, 11) is 0. The molecule has 0 saturated carbocycles. The fourth-order valence-electron chi connectivity index (χ4n) is 2.15. The topological polar surface area (TPSA) is 55.4 Å². The first-order valence-corrected chi connectivity index (χ1v) is 10.2. The van der Waals surface area contributed by atoms with Crippen LogP contribution in [0.25, 0.3) is 0 Å². The van der Waals surface area contributed by atoms with Crippen molar-refractivity contribution in [2.45, 2.75) is 63.5 Å². The molecule has 7 heteroatoms. The number of thioether (sulfide) groups is 1. The van der Waals surface area contributed by atoms with Gasteiger partial charge < -0.3 is 10.1 Å². The Balaban J connectivity index is 2.88. The van der Waals surface area contributed by atoms with E-state index < -0.39 is 11.1 Å². The van der Waals surface area contributed by atoms with Gasteiger partial charge in [-0.15, -0.1) is 11.8 Å². The van der Waals surface area contributed by atoms with Gasteiger partial charge in [0.15, 0.2) is 0 Å². The number of halogens is 2. The molecule has 1 aromatic rings. The Morgan fingerprint density at radius 1 is 1.31 bits per heavy atom. The molecule has 1 unspecified atom stereocenters. The Morgan fingerprint density at radius 2 is 2.00 bits per heavy atom. The third-order valence-corrected chi connectivity index (χ3v) is 5.36. The number of carbonyl (C=O) groups is 2. The third-order valence-electron chi connectivity index (χ3n) is 3.53. The maximum absolute atomic E-state index is 14.1. The first-order valence-electron chi connectivity index (χ1n) is 8.90. The second kappa shape index (κ2) is 11.4. The van der Waals surface area contributed by atoms with Gasteiger partial charge in [0.05, 0.1) is 17.3 Å². The number of benzene rings is 1. The molecule has 0 aliphatic carbocycles. The Morgan fingerprint density at radius 3 is 2.58 bits per heavy atom. The monoisotopic (exact) mass is 403 g/mol. The van der Waals surface area contributed by atoms with Crippen LogP contribution in [-0.2, 0) is 14.3 Å². The quantitative estimate of drug-likeness (QED) is 0.310. The molecule has 0 spiro atoms. The normalized spacial score (nSPS) is 12.1. The number of anilines is 1. The van der Waals surface area contributed by atoms with E-state index in [9.17, 15) is 14.0 Å². The van der Waals surface area contributed by atoms with Gasteiger partial charge in [-0.25, -0.2) is 4.39 Å². The lowest BCUT2D eigenvalue weighted by Crippen LogP contribution is -2.20. The minimum absolute atomic E-state index is 0.0664. The number of hydrogen-bond acceptors (Lipinski definition) is 4. The molecule has 26 heavy (non-hydrogen) atoms. The molecular weight excluding hydrogens is 377 g/mol. The predicted octanol–water partition coefficient (Wildman–Crippen LogP) is 5.68. The van der Waals surface area contributed by atoms with Crippen LogP contribution in [-0.4, -0.2) is 23.7 Å². The molecule has 1 N–H and O–H groups in total. The van der Waals surface area contributed by atoms with E-state index in [1.165, 1.54) is 17.8 Å². The predicted molar refractivity (Wildman–Crippen MR) is 105 cm³/mol. The molecule has 1 atom stereocenters. The molecule has 4 nitrogen and oxygen atoms in total. The van der Waals surface area contributed by atoms with Crippen molar-refractivity contribution in [1.29, 1.82) is 0 Å². The second-order valence-corrected chi connectivity index (χ2v) is 8.10. The number of nitrogens with one attached hydrogen (secondary N) is 1. The van der Waals surface area contributed by atoms with Gasteiger partial charge in [0.1, 0.15) is 11.1 Å². The molecule has 146 valence electrons. The first kappa shape index (κ1) is 22.8. The van der Waals surface area contributed by atoms with Crippen molar-refractivity contribution in [3.8, 4) is 0 Å². The van der Waals surface area contributed by atoms with Crippen LogP contribution in [0.3, 0.4) is 0 Å². The van der Waals surface area contributed by atoms with E-state index in [2.05, 4.69) is 5.32 Å². The number of unbranched alkanes of at least 4 members (excludes halogenated alkanes) is 1. The summed E-state index contributed by atoms with van der Waals surface area (Å²) in [6.45, 7) is 8.11. The highest BCUT2D eigenvalue weighted by Gasteiger charge is 2.22. The smallest absolute Gasteiger partial charge is 0.319 e. The molecule has 0 aromatic heterocycles. The van der Waals surface area contributed by atoms with E-state index >= 15 is 0 Å². The summed E-state index contributed by atoms with van der Waals surface area (Å²) in [6, 6.07) is 2.63. The van der Waals surface area contributed by atoms with Crippen molar-refractivity contribution in [3.63, 3.8) is 0 Å². The minimum atomic E-state index is -0.602. The lowest BCUT2D eigenvalue weighted by atomic mass is 10.1. The lowest BCUT2D eigenvalue weighted by molar-refractivity contribution is -0.143. The van der Waals surface area contributed by atoms with Crippen LogP contribution in [0.15, 0.2) is 17.0 Å². The van der Waals surface area contributed by atoms with Crippen molar-refractivity contribution >= 4 is 40.9 Å². The first-order chi connectivity index (χ1) is 12.3. The molecular formula is C19H27ClFNO3S. The highest BCUT2D eigenvalue weighted by atomic mass is 35.5. The molecule has 0 aliphatic rings. The van der Waals surface area contributed by atoms with Crippen LogP contribution in [0.5, 0.6) is 0 Å². The molecule has 1 rings (SSSR count). The third kappa shape index (κ3) is 7.54. The van der Waals surface area contributed by atoms with Gasteiger partial charge >= 0.3 is 5.97 Å². The molecule has 0 radical (unpaired) electrons. The van der Waals surface area contributed by atoms with Crippen LogP contribution in [0.4, 0.5) is 10.1 Å². The maximum atomic E-state index is 14.1. The van der Waals surface area contributed by atoms with Gasteiger partial charge in [-0.3, -0.25) is 9.59 Å². The van der Waals surface area contributed by atoms with Crippen LogP contribution >= 0.6 is 23.4 Å². The molecule has 0 saturated heterocycles. The maximum Gasteiger partial charge on any atom is 0.319 e. The minimum Gasteiger partial charge on any atom is -0.465 e. The number of rotatable bonds is 10. The summed E-state index contributed by atoms with van der Waals surface area (Å²) in [5, 5.41) is 2.34. The van der Waals surface area contributed by atoms with Gasteiger partial charge in [0.25, 0.3) is 0 Å². The largest absolute Gasteiger partial charge is 0.465 e. The zero-order valence-electron chi connectivity index (χ0n) is 15.7. The van der Waals surface area contributed by atoms with Crippen LogP contribution in [0.1, 0.15) is 53.4 Å². The highest BCUT2D eigenvalue weighted by Crippen LogP contribution is 2.36. The van der Waals surface area contributed by atoms with Gasteiger partial charge in [-0.2, -0.15) is 0 Å². The van der Waals surface area contributed by atoms with E-state index in [1.54, 1.807) is 0 Å². The summed E-state index contributed by atoms with van der Waals surface area (Å²) in [4.78, 5) is 24.6. The summed E-state index contributed by atoms with van der Waals surface area (Å²) >= 11 is 7.35. The molecule has 0 bridgehead atoms. The summed E-state index contributed by atoms with van der Waals surface area (Å²) in [5.41, 5.74) is 0.0664. The van der Waals surface area contributed by atoms with Crippen molar-refractivity contribution in [3.05, 3.63) is 23.0 Å². The molecule has 0 heterocycles.